The minimum absolute atomic E-state index is 0.0949. The largest absolute Gasteiger partial charge is 0.481 e. The van der Waals surface area contributed by atoms with Crippen LogP contribution in [0, 0.1) is 0 Å². The number of unbranched alkanes of at least 4 members (excludes halogenated alkanes) is 2. The summed E-state index contributed by atoms with van der Waals surface area (Å²) in [5, 5.41) is 8.65. The summed E-state index contributed by atoms with van der Waals surface area (Å²) in [6.45, 7) is 7.72. The van der Waals surface area contributed by atoms with Crippen molar-refractivity contribution in [2.75, 3.05) is 12.4 Å². The van der Waals surface area contributed by atoms with Crippen LogP contribution in [-0.2, 0) is 10.2 Å². The Balaban J connectivity index is 0.00000116. The first-order valence-corrected chi connectivity index (χ1v) is 9.34. The molecule has 3 nitrogen and oxygen atoms in total. The number of fused-ring (bicyclic) bond motifs is 1. The monoisotopic (exact) mass is 368 g/mol. The highest BCUT2D eigenvalue weighted by atomic mass is 79.9. The Morgan fingerprint density at radius 2 is 1.82 bits per heavy atom. The van der Waals surface area contributed by atoms with E-state index in [1.54, 1.807) is 0 Å². The van der Waals surface area contributed by atoms with Crippen LogP contribution >= 0.6 is 15.9 Å². The molecule has 1 heterocycles. The van der Waals surface area contributed by atoms with Gasteiger partial charge in [-0.25, -0.2) is 0 Å². The predicted molar refractivity (Wildman–Crippen MR) is 95.9 cm³/mol. The second-order valence-electron chi connectivity index (χ2n) is 6.08. The molecule has 0 radical (unpaired) electrons. The van der Waals surface area contributed by atoms with Crippen molar-refractivity contribution in [2.24, 2.45) is 0 Å². The Morgan fingerprint density at radius 1 is 1.18 bits per heavy atom. The molecule has 0 saturated carbocycles. The van der Waals surface area contributed by atoms with E-state index in [0.29, 0.717) is 0 Å². The normalized spacial score (nSPS) is 15.1. The summed E-state index contributed by atoms with van der Waals surface area (Å²) < 4.78 is 2.40. The predicted octanol–water partition coefficient (Wildman–Crippen LogP) is 4.74. The van der Waals surface area contributed by atoms with E-state index in [-0.39, 0.29) is 11.8 Å². The first-order chi connectivity index (χ1) is 10.4. The first kappa shape index (κ1) is 18.9. The van der Waals surface area contributed by atoms with Gasteiger partial charge in [0.25, 0.3) is 0 Å². The smallest absolute Gasteiger partial charge is 0.303 e. The average Bonchev–Trinajstić information content (AvgIpc) is 2.70. The van der Waals surface area contributed by atoms with Crippen molar-refractivity contribution in [2.45, 2.75) is 51.9 Å². The lowest BCUT2D eigenvalue weighted by Gasteiger charge is -2.14. The van der Waals surface area contributed by atoms with E-state index < -0.39 is 5.97 Å². The third-order valence-electron chi connectivity index (χ3n) is 4.45. The van der Waals surface area contributed by atoms with Gasteiger partial charge in [0.05, 0.1) is 5.41 Å². The van der Waals surface area contributed by atoms with Gasteiger partial charge in [-0.15, -0.1) is 0 Å². The number of carboxylic acid groups (broad SMARTS) is 1. The molecular formula is C18H27BrNO2+. The molecule has 0 bridgehead atoms. The van der Waals surface area contributed by atoms with Crippen molar-refractivity contribution >= 4 is 33.3 Å². The molecule has 1 aliphatic heterocycles. The first-order valence-electron chi connectivity index (χ1n) is 7.75. The number of benzene rings is 1. The molecule has 1 aliphatic rings. The molecule has 0 unspecified atom stereocenters. The van der Waals surface area contributed by atoms with E-state index >= 15 is 0 Å². The molecule has 0 aliphatic carbocycles. The zero-order valence-electron chi connectivity index (χ0n) is 14.0. The van der Waals surface area contributed by atoms with Gasteiger partial charge in [0.15, 0.2) is 5.71 Å². The fourth-order valence-electron chi connectivity index (χ4n) is 2.96. The molecule has 1 aromatic rings. The second-order valence-corrected chi connectivity index (χ2v) is 6.08. The number of nitrogens with zero attached hydrogens (tertiary/aromatic N) is 1. The summed E-state index contributed by atoms with van der Waals surface area (Å²) in [5.74, 6) is 1.12. The van der Waals surface area contributed by atoms with E-state index in [1.807, 2.05) is 5.83 Å². The number of para-hydroxylation sites is 1. The number of carbonyl (C=O) groups is 1. The lowest BCUT2D eigenvalue weighted by molar-refractivity contribution is -0.439. The molecule has 1 N–H and O–H groups in total. The highest BCUT2D eigenvalue weighted by Gasteiger charge is 2.42. The van der Waals surface area contributed by atoms with Crippen LogP contribution in [0.25, 0.3) is 0 Å². The van der Waals surface area contributed by atoms with E-state index in [4.69, 9.17) is 5.11 Å². The maximum absolute atomic E-state index is 10.5. The van der Waals surface area contributed by atoms with Gasteiger partial charge < -0.3 is 5.11 Å². The molecule has 1 aromatic carbocycles. The molecule has 2 rings (SSSR count). The van der Waals surface area contributed by atoms with Crippen molar-refractivity contribution in [3.8, 4) is 0 Å². The average molecular weight is 369 g/mol. The van der Waals surface area contributed by atoms with E-state index in [9.17, 15) is 4.79 Å². The van der Waals surface area contributed by atoms with E-state index in [0.717, 1.165) is 25.8 Å². The van der Waals surface area contributed by atoms with Gasteiger partial charge in [0, 0.05) is 31.4 Å². The van der Waals surface area contributed by atoms with Crippen LogP contribution < -0.4 is 0 Å². The topological polar surface area (TPSA) is 40.3 Å². The van der Waals surface area contributed by atoms with Gasteiger partial charge in [-0.05, 0) is 32.5 Å². The van der Waals surface area contributed by atoms with Crippen molar-refractivity contribution in [3.05, 3.63) is 29.8 Å². The van der Waals surface area contributed by atoms with Crippen molar-refractivity contribution in [3.63, 3.8) is 0 Å². The van der Waals surface area contributed by atoms with Crippen molar-refractivity contribution < 1.29 is 14.5 Å². The highest BCUT2D eigenvalue weighted by Crippen LogP contribution is 2.39. The van der Waals surface area contributed by atoms with Crippen molar-refractivity contribution in [1.29, 1.82) is 0 Å². The minimum Gasteiger partial charge on any atom is -0.481 e. The van der Waals surface area contributed by atoms with Gasteiger partial charge in [-0.2, -0.15) is 4.58 Å². The molecule has 0 amide bonds. The molecule has 0 saturated heterocycles. The van der Waals surface area contributed by atoms with Crippen LogP contribution in [0.4, 0.5) is 5.69 Å². The number of aliphatic carboxylic acids is 1. The number of hydrogen-bond acceptors (Lipinski definition) is 1. The zero-order chi connectivity index (χ0) is 16.8. The lowest BCUT2D eigenvalue weighted by Crippen LogP contribution is -2.26. The van der Waals surface area contributed by atoms with Gasteiger partial charge >= 0.3 is 5.97 Å². The number of halogens is 1. The van der Waals surface area contributed by atoms with Crippen LogP contribution in [0.3, 0.4) is 0 Å². The van der Waals surface area contributed by atoms with E-state index in [1.165, 1.54) is 17.0 Å². The standard InChI is InChI=1S/C17H23NO2.CH3Br/c1-13-17(2,3)14-9-6-7-10-15(14)18(13)12-8-4-5-11-16(19)20;1-2/h6-7,9-10H,4-5,8,11-12H2,1-3H3;1H3/p+1. The summed E-state index contributed by atoms with van der Waals surface area (Å²) >= 11 is 2.94. The molecule has 122 valence electrons. The molecule has 22 heavy (non-hydrogen) atoms. The maximum atomic E-state index is 10.5. The summed E-state index contributed by atoms with van der Waals surface area (Å²) in [5.41, 5.74) is 4.19. The maximum Gasteiger partial charge on any atom is 0.303 e. The third-order valence-corrected chi connectivity index (χ3v) is 4.45. The summed E-state index contributed by atoms with van der Waals surface area (Å²) in [7, 11) is 0. The Labute approximate surface area is 142 Å². The van der Waals surface area contributed by atoms with Crippen LogP contribution in [-0.4, -0.2) is 33.7 Å². The van der Waals surface area contributed by atoms with Crippen LogP contribution in [0.2, 0.25) is 0 Å². The zero-order valence-corrected chi connectivity index (χ0v) is 15.6. The van der Waals surface area contributed by atoms with Crippen LogP contribution in [0.15, 0.2) is 24.3 Å². The molecule has 0 fully saturated rings. The fourth-order valence-corrected chi connectivity index (χ4v) is 2.96. The number of carboxylic acids is 1. The molecule has 0 aromatic heterocycles. The van der Waals surface area contributed by atoms with Crippen LogP contribution in [0.5, 0.6) is 0 Å². The molecule has 0 spiro atoms. The number of rotatable bonds is 6. The SMILES string of the molecule is CBr.CC1=[N+](CCCCCC(=O)O)c2ccccc2C1(C)C. The fraction of sp³-hybridized carbons (Fsp3) is 0.556. The third kappa shape index (κ3) is 4.19. The second kappa shape index (κ2) is 8.47. The lowest BCUT2D eigenvalue weighted by atomic mass is 9.82. The van der Waals surface area contributed by atoms with Gasteiger partial charge in [0.2, 0.25) is 5.69 Å². The van der Waals surface area contributed by atoms with Gasteiger partial charge in [0.1, 0.15) is 6.54 Å². The summed E-state index contributed by atoms with van der Waals surface area (Å²) in [6, 6.07) is 8.59. The molecular weight excluding hydrogens is 342 g/mol. The Kier molecular flexibility index (Phi) is 7.27. The summed E-state index contributed by atoms with van der Waals surface area (Å²) in [6.07, 6.45) is 3.06. The molecule has 4 heteroatoms. The minimum atomic E-state index is -0.694. The van der Waals surface area contributed by atoms with Crippen LogP contribution in [0.1, 0.15) is 52.0 Å². The van der Waals surface area contributed by atoms with Gasteiger partial charge in [-0.3, -0.25) is 4.79 Å². The van der Waals surface area contributed by atoms with E-state index in [2.05, 4.69) is 65.5 Å². The Morgan fingerprint density at radius 3 is 2.45 bits per heavy atom. The number of hydrogen-bond donors (Lipinski definition) is 1. The Hall–Kier alpha value is -1.16. The van der Waals surface area contributed by atoms with Gasteiger partial charge in [-0.1, -0.05) is 34.1 Å². The highest BCUT2D eigenvalue weighted by molar-refractivity contribution is 9.08. The molecule has 0 atom stereocenters. The summed E-state index contributed by atoms with van der Waals surface area (Å²) in [4.78, 5) is 10.5. The number of alkyl halides is 1. The van der Waals surface area contributed by atoms with Crippen molar-refractivity contribution in [1.82, 2.24) is 0 Å². The Bertz CT molecular complexity index is 550. The quantitative estimate of drug-likeness (QED) is 0.447.